The first-order chi connectivity index (χ1) is 9.56. The van der Waals surface area contributed by atoms with E-state index in [9.17, 15) is 13.2 Å². The normalized spacial score (nSPS) is 21.1. The minimum atomic E-state index is -3.01. The Morgan fingerprint density at radius 1 is 1.40 bits per heavy atom. The van der Waals surface area contributed by atoms with Gasteiger partial charge >= 0.3 is 0 Å². The van der Waals surface area contributed by atoms with Crippen LogP contribution in [0.15, 0.2) is 36.7 Å². The zero-order valence-corrected chi connectivity index (χ0v) is 11.8. The van der Waals surface area contributed by atoms with Crippen molar-refractivity contribution in [2.45, 2.75) is 18.1 Å². The zero-order chi connectivity index (χ0) is 14.2. The highest BCUT2D eigenvalue weighted by atomic mass is 32.2. The number of hydrogen-bond donors (Lipinski definition) is 1. The van der Waals surface area contributed by atoms with Crippen LogP contribution in [0, 0.1) is 0 Å². The van der Waals surface area contributed by atoms with Crippen molar-refractivity contribution in [2.24, 2.45) is 0 Å². The minimum absolute atomic E-state index is 0.202. The molecule has 6 heteroatoms. The van der Waals surface area contributed by atoms with Crippen LogP contribution in [0.1, 0.15) is 23.2 Å². The Labute approximate surface area is 117 Å². The summed E-state index contributed by atoms with van der Waals surface area (Å²) in [5.74, 6) is 0.0136. The number of hydrogen-bond acceptors (Lipinski definition) is 3. The van der Waals surface area contributed by atoms with Crippen LogP contribution >= 0.6 is 0 Å². The van der Waals surface area contributed by atoms with Crippen LogP contribution in [0.2, 0.25) is 0 Å². The molecule has 5 nitrogen and oxygen atoms in total. The number of carbonyl (C=O) groups is 1. The van der Waals surface area contributed by atoms with Gasteiger partial charge < -0.3 is 9.72 Å². The van der Waals surface area contributed by atoms with Crippen LogP contribution in [-0.2, 0) is 9.84 Å². The number of aromatic nitrogens is 1. The van der Waals surface area contributed by atoms with Gasteiger partial charge in [0.1, 0.15) is 0 Å². The highest BCUT2D eigenvalue weighted by molar-refractivity contribution is 7.92. The summed E-state index contributed by atoms with van der Waals surface area (Å²) in [5.41, 5.74) is 1.48. The fourth-order valence-corrected chi connectivity index (χ4v) is 4.34. The average Bonchev–Trinajstić information content (AvgIpc) is 2.98. The van der Waals surface area contributed by atoms with Gasteiger partial charge in [0, 0.05) is 24.5 Å². The molecule has 1 atom stereocenters. The fourth-order valence-electron chi connectivity index (χ4n) is 2.58. The molecule has 1 aliphatic heterocycles. The van der Waals surface area contributed by atoms with E-state index in [0.29, 0.717) is 18.4 Å². The minimum Gasteiger partial charge on any atom is -0.351 e. The van der Waals surface area contributed by atoms with Gasteiger partial charge in [-0.2, -0.15) is 0 Å². The first-order valence-corrected chi connectivity index (χ1v) is 8.34. The Bertz CT molecular complexity index is 716. The molecule has 1 unspecified atom stereocenters. The number of nitrogens with one attached hydrogen (secondary N) is 1. The second-order valence-corrected chi connectivity index (χ2v) is 7.50. The second-order valence-electron chi connectivity index (χ2n) is 5.10. The molecule has 2 aromatic rings. The lowest BCUT2D eigenvalue weighted by molar-refractivity contribution is 0.0953. The average molecular weight is 292 g/mol. The number of rotatable bonds is 3. The first kappa shape index (κ1) is 13.2. The van der Waals surface area contributed by atoms with Gasteiger partial charge in [-0.25, -0.2) is 8.42 Å². The molecule has 0 aromatic carbocycles. The van der Waals surface area contributed by atoms with Gasteiger partial charge in [0.15, 0.2) is 9.84 Å². The summed E-state index contributed by atoms with van der Waals surface area (Å²) >= 11 is 0. The van der Waals surface area contributed by atoms with Gasteiger partial charge in [0.2, 0.25) is 0 Å². The number of carbonyl (C=O) groups excluding carboxylic acids is 1. The maximum Gasteiger partial charge on any atom is 0.252 e. The van der Waals surface area contributed by atoms with Crippen molar-refractivity contribution in [3.8, 4) is 0 Å². The molecule has 0 bridgehead atoms. The molecule has 0 saturated carbocycles. The topological polar surface area (TPSA) is 67.7 Å². The molecule has 20 heavy (non-hydrogen) atoms. The number of pyridine rings is 1. The Hall–Kier alpha value is -1.82. The van der Waals surface area contributed by atoms with Crippen molar-refractivity contribution in [3.63, 3.8) is 0 Å². The molecule has 1 aliphatic rings. The first-order valence-electron chi connectivity index (χ1n) is 6.63. The smallest absolute Gasteiger partial charge is 0.252 e. The molecular formula is C14H16N2O3S. The van der Waals surface area contributed by atoms with E-state index in [4.69, 9.17) is 0 Å². The summed E-state index contributed by atoms with van der Waals surface area (Å²) in [6.45, 7) is 0.202. The van der Waals surface area contributed by atoms with Gasteiger partial charge in [0.25, 0.3) is 5.91 Å². The van der Waals surface area contributed by atoms with Crippen LogP contribution < -0.4 is 5.32 Å². The molecular weight excluding hydrogens is 276 g/mol. The molecule has 1 amide bonds. The zero-order valence-electron chi connectivity index (χ0n) is 11.0. The van der Waals surface area contributed by atoms with E-state index in [0.717, 1.165) is 5.52 Å². The maximum atomic E-state index is 12.1. The molecule has 2 aromatic heterocycles. The summed E-state index contributed by atoms with van der Waals surface area (Å²) in [5, 5.41) is 2.30. The molecule has 1 saturated heterocycles. The van der Waals surface area contributed by atoms with E-state index >= 15 is 0 Å². The van der Waals surface area contributed by atoms with E-state index < -0.39 is 15.1 Å². The predicted octanol–water partition coefficient (Wildman–Crippen LogP) is 1.25. The summed E-state index contributed by atoms with van der Waals surface area (Å²) in [4.78, 5) is 12.1. The van der Waals surface area contributed by atoms with Crippen LogP contribution in [0.3, 0.4) is 0 Å². The van der Waals surface area contributed by atoms with Gasteiger partial charge in [-0.1, -0.05) is 6.07 Å². The summed E-state index contributed by atoms with van der Waals surface area (Å²) in [6.07, 6.45) is 4.95. The fraction of sp³-hybridized carbons (Fsp3) is 0.357. The SMILES string of the molecule is O=C(NCC1CCCS1(=O)=O)c1cc2ccccn2c1. The second kappa shape index (κ2) is 4.94. The van der Waals surface area contributed by atoms with Crippen molar-refractivity contribution in [1.82, 2.24) is 9.72 Å². The summed E-state index contributed by atoms with van der Waals surface area (Å²) in [7, 11) is -3.01. The van der Waals surface area contributed by atoms with E-state index in [1.165, 1.54) is 0 Å². The Balaban J connectivity index is 1.70. The monoisotopic (exact) mass is 292 g/mol. The highest BCUT2D eigenvalue weighted by Gasteiger charge is 2.31. The lowest BCUT2D eigenvalue weighted by Crippen LogP contribution is -2.34. The van der Waals surface area contributed by atoms with E-state index in [2.05, 4.69) is 5.32 Å². The van der Waals surface area contributed by atoms with Crippen LogP contribution in [0.5, 0.6) is 0 Å². The Morgan fingerprint density at radius 3 is 2.95 bits per heavy atom. The summed E-state index contributed by atoms with van der Waals surface area (Å²) < 4.78 is 25.3. The molecule has 3 rings (SSSR count). The van der Waals surface area contributed by atoms with Crippen LogP contribution in [-0.4, -0.2) is 36.3 Å². The predicted molar refractivity (Wildman–Crippen MR) is 76.5 cm³/mol. The maximum absolute atomic E-state index is 12.1. The number of sulfone groups is 1. The van der Waals surface area contributed by atoms with Crippen molar-refractivity contribution in [1.29, 1.82) is 0 Å². The molecule has 1 fully saturated rings. The van der Waals surface area contributed by atoms with E-state index in [1.54, 1.807) is 12.3 Å². The standard InChI is InChI=1S/C14H16N2O3S/c17-14(15-9-13-5-3-7-20(13,18)19)11-8-12-4-1-2-6-16(12)10-11/h1-2,4,6,8,10,13H,3,5,7,9H2,(H,15,17). The largest absolute Gasteiger partial charge is 0.351 e. The lowest BCUT2D eigenvalue weighted by Gasteiger charge is -2.09. The third kappa shape index (κ3) is 2.43. The Morgan fingerprint density at radius 2 is 2.25 bits per heavy atom. The van der Waals surface area contributed by atoms with Gasteiger partial charge in [-0.05, 0) is 31.0 Å². The van der Waals surface area contributed by atoms with Crippen molar-refractivity contribution in [2.75, 3.05) is 12.3 Å². The van der Waals surface area contributed by atoms with Crippen molar-refractivity contribution < 1.29 is 13.2 Å². The van der Waals surface area contributed by atoms with E-state index in [-0.39, 0.29) is 18.2 Å². The molecule has 106 valence electrons. The highest BCUT2D eigenvalue weighted by Crippen LogP contribution is 2.19. The molecule has 0 aliphatic carbocycles. The van der Waals surface area contributed by atoms with Crippen molar-refractivity contribution in [3.05, 3.63) is 42.2 Å². The van der Waals surface area contributed by atoms with Gasteiger partial charge in [0.05, 0.1) is 16.6 Å². The number of nitrogens with zero attached hydrogens (tertiary/aromatic N) is 1. The molecule has 0 radical (unpaired) electrons. The molecule has 1 N–H and O–H groups in total. The van der Waals surface area contributed by atoms with Crippen LogP contribution in [0.25, 0.3) is 5.52 Å². The molecule has 3 heterocycles. The van der Waals surface area contributed by atoms with Crippen molar-refractivity contribution >= 4 is 21.3 Å². The van der Waals surface area contributed by atoms with Gasteiger partial charge in [-0.15, -0.1) is 0 Å². The number of amides is 1. The Kier molecular flexibility index (Phi) is 3.25. The van der Waals surface area contributed by atoms with E-state index in [1.807, 2.05) is 28.8 Å². The third-order valence-corrected chi connectivity index (χ3v) is 6.00. The third-order valence-electron chi connectivity index (χ3n) is 3.72. The number of fused-ring (bicyclic) bond motifs is 1. The van der Waals surface area contributed by atoms with Crippen LogP contribution in [0.4, 0.5) is 0 Å². The summed E-state index contributed by atoms with van der Waals surface area (Å²) in [6, 6.07) is 7.50. The molecule has 0 spiro atoms. The van der Waals surface area contributed by atoms with Gasteiger partial charge in [-0.3, -0.25) is 4.79 Å². The lowest BCUT2D eigenvalue weighted by atomic mass is 10.2. The quantitative estimate of drug-likeness (QED) is 0.925.